The topological polar surface area (TPSA) is 340 Å². The summed E-state index contributed by atoms with van der Waals surface area (Å²) in [6.07, 6.45) is 6.40. The Balaban J connectivity index is 1.15. The number of Topliss-reactive ketones (excluding diaryl/α,β-unsaturated/α-hetero) is 2. The van der Waals surface area contributed by atoms with Crippen LogP contribution in [0.2, 0.25) is 0 Å². The maximum absolute atomic E-state index is 14.5. The number of carboxylic acid groups (broad SMARTS) is 1. The molecule has 95 heavy (non-hydrogen) atoms. The van der Waals surface area contributed by atoms with E-state index < -0.39 is 83.3 Å². The monoisotopic (exact) mass is 1340 g/mol. The van der Waals surface area contributed by atoms with Gasteiger partial charge < -0.3 is 46.5 Å². The minimum absolute atomic E-state index is 0.0344. The fourth-order valence-electron chi connectivity index (χ4n) is 12.0. The molecule has 24 nitrogen and oxygen atoms in total. The number of carboxylic acids is 1. The lowest BCUT2D eigenvalue weighted by Crippen LogP contribution is -2.50. The first-order valence-electron chi connectivity index (χ1n) is 33.1. The molecule has 2 aliphatic heterocycles. The van der Waals surface area contributed by atoms with Crippen molar-refractivity contribution < 1.29 is 72.1 Å². The van der Waals surface area contributed by atoms with Crippen molar-refractivity contribution in [3.8, 4) is 0 Å². The lowest BCUT2D eigenvalue weighted by molar-refractivity contribution is -0.150. The molecule has 5 rings (SSSR count). The highest BCUT2D eigenvalue weighted by Crippen LogP contribution is 2.36. The second-order valence-corrected chi connectivity index (χ2v) is 27.2. The van der Waals surface area contributed by atoms with Crippen LogP contribution >= 0.6 is 11.3 Å². The predicted molar refractivity (Wildman–Crippen MR) is 358 cm³/mol. The summed E-state index contributed by atoms with van der Waals surface area (Å²) in [7, 11) is 3.67. The Bertz CT molecular complexity index is 3190. The quantitative estimate of drug-likeness (QED) is 0.0178. The average molecular weight is 1340 g/mol. The molecule has 3 aromatic rings. The molecule has 1 saturated heterocycles. The summed E-state index contributed by atoms with van der Waals surface area (Å²) < 4.78 is 11.4. The van der Waals surface area contributed by atoms with Gasteiger partial charge in [-0.05, 0) is 118 Å². The number of nitrogens with two attached hydrogens (primary N) is 1. The number of nitrogens with zero attached hydrogens (tertiary/aromatic N) is 4. The van der Waals surface area contributed by atoms with Gasteiger partial charge in [0.05, 0.1) is 23.9 Å². The smallest absolute Gasteiger partial charge is 0.312 e. The lowest BCUT2D eigenvalue weighted by Gasteiger charge is -2.38. The number of nitrogens with one attached hydrogen (secondary N) is 4. The van der Waals surface area contributed by atoms with Gasteiger partial charge in [-0.1, -0.05) is 97.7 Å². The van der Waals surface area contributed by atoms with E-state index in [1.165, 1.54) is 19.1 Å². The van der Waals surface area contributed by atoms with E-state index in [0.717, 1.165) is 41.2 Å². The number of likely N-dealkylation sites (N-methyl/N-ethyl adjacent to an activating group) is 1. The SMILES string of the molecule is CC[C@H](C)[C@H](CC(=O)[C@@]1(C)CCCN1C)C(=O)N(C)[C@H](C[C@@H](OC(C)=O)c1nc(C(=O)N[C@@H](Cc2ccc(CC(=O)OCc3ccc(NC(=O)[C@H](CCCNC(N)=O)CC(=O)[C@@H](NC(=O)CCCCCN4C(=O)C=CC4=O)C(C)C)cc3)cc2)C[C@H](C)C(=O)O)cs1)C(C)C. The van der Waals surface area contributed by atoms with E-state index in [2.05, 4.69) is 31.2 Å². The number of anilines is 1. The molecule has 0 unspecified atom stereocenters. The average Bonchev–Trinajstić information content (AvgIpc) is 1.76. The number of amides is 8. The van der Waals surface area contributed by atoms with Crippen LogP contribution in [0, 0.1) is 35.5 Å². The second kappa shape index (κ2) is 37.2. The molecule has 0 radical (unpaired) electrons. The molecule has 2 aromatic carbocycles. The van der Waals surface area contributed by atoms with Crippen molar-refractivity contribution in [3.63, 3.8) is 0 Å². The summed E-state index contributed by atoms with van der Waals surface area (Å²) in [6.45, 7) is 17.4. The number of imide groups is 1. The molecule has 520 valence electrons. The van der Waals surface area contributed by atoms with Gasteiger partial charge in [0.2, 0.25) is 17.7 Å². The Labute approximate surface area is 562 Å². The van der Waals surface area contributed by atoms with Gasteiger partial charge in [0.25, 0.3) is 17.7 Å². The number of hydrogen-bond acceptors (Lipinski definition) is 17. The molecule has 0 bridgehead atoms. The highest BCUT2D eigenvalue weighted by atomic mass is 32.1. The largest absolute Gasteiger partial charge is 0.481 e. The van der Waals surface area contributed by atoms with Gasteiger partial charge in [-0.25, -0.2) is 9.78 Å². The lowest BCUT2D eigenvalue weighted by atomic mass is 9.80. The van der Waals surface area contributed by atoms with Crippen molar-refractivity contribution in [2.75, 3.05) is 39.0 Å². The predicted octanol–water partition coefficient (Wildman–Crippen LogP) is 8.05. The Morgan fingerprint density at radius 2 is 1.48 bits per heavy atom. The van der Waals surface area contributed by atoms with Crippen LogP contribution in [0.3, 0.4) is 0 Å². The van der Waals surface area contributed by atoms with E-state index in [0.29, 0.717) is 53.9 Å². The molecule has 2 aliphatic rings. The number of ketones is 2. The zero-order valence-electron chi connectivity index (χ0n) is 57.0. The molecule has 0 aliphatic carbocycles. The molecule has 1 fully saturated rings. The second-order valence-electron chi connectivity index (χ2n) is 26.3. The van der Waals surface area contributed by atoms with Gasteiger partial charge in [-0.15, -0.1) is 11.3 Å². The summed E-state index contributed by atoms with van der Waals surface area (Å²) in [6, 6.07) is 10.9. The number of urea groups is 1. The van der Waals surface area contributed by atoms with E-state index in [9.17, 15) is 62.6 Å². The van der Waals surface area contributed by atoms with Crippen molar-refractivity contribution >= 4 is 88.0 Å². The number of aromatic nitrogens is 1. The Hall–Kier alpha value is -8.19. The minimum Gasteiger partial charge on any atom is -0.481 e. The Morgan fingerprint density at radius 1 is 0.832 bits per heavy atom. The number of carbonyl (C=O) groups excluding carboxylic acids is 11. The fourth-order valence-corrected chi connectivity index (χ4v) is 12.9. The van der Waals surface area contributed by atoms with Crippen molar-refractivity contribution in [3.05, 3.63) is 93.5 Å². The van der Waals surface area contributed by atoms with Gasteiger partial charge in [0, 0.05) is 99.9 Å². The Morgan fingerprint density at radius 3 is 2.07 bits per heavy atom. The highest BCUT2D eigenvalue weighted by molar-refractivity contribution is 7.09. The van der Waals surface area contributed by atoms with Crippen molar-refractivity contribution in [2.24, 2.45) is 41.2 Å². The first-order valence-corrected chi connectivity index (χ1v) is 34.0. The van der Waals surface area contributed by atoms with Crippen LogP contribution in [0.25, 0.3) is 0 Å². The van der Waals surface area contributed by atoms with Crippen molar-refractivity contribution in [1.82, 2.24) is 35.6 Å². The van der Waals surface area contributed by atoms with E-state index in [1.54, 1.807) is 86.6 Å². The number of rotatable bonds is 40. The highest BCUT2D eigenvalue weighted by Gasteiger charge is 2.44. The summed E-state index contributed by atoms with van der Waals surface area (Å²) >= 11 is 1.12. The number of thiazole rings is 1. The summed E-state index contributed by atoms with van der Waals surface area (Å²) in [5.74, 6) is -7.41. The van der Waals surface area contributed by atoms with Crippen LogP contribution in [0.4, 0.5) is 10.5 Å². The summed E-state index contributed by atoms with van der Waals surface area (Å²) in [5.41, 5.74) is 7.06. The van der Waals surface area contributed by atoms with Gasteiger partial charge in [-0.2, -0.15) is 0 Å². The molecular formula is C70H99N9O15S. The number of benzene rings is 2. The molecular weight excluding hydrogens is 1240 g/mol. The third kappa shape index (κ3) is 23.9. The van der Waals surface area contributed by atoms with E-state index >= 15 is 0 Å². The number of primary amides is 1. The number of aliphatic carboxylic acids is 1. The molecule has 0 saturated carbocycles. The van der Waals surface area contributed by atoms with Crippen LogP contribution in [0.15, 0.2) is 66.1 Å². The first kappa shape index (κ1) is 77.5. The summed E-state index contributed by atoms with van der Waals surface area (Å²) in [5, 5.41) is 22.9. The molecule has 25 heteroatoms. The fraction of sp³-hybridized carbons (Fsp3) is 0.586. The standard InChI is InChI=1S/C70H99N9O15S/c1-12-44(6)53(38-58(82)70(9)30-17-32-77(70)10)67(89)78(11)55(42(2)3)39-57(94-46(8)80)66-75-54(41-95-66)65(88)74-52(34-45(7)68(90)91)35-47-20-22-48(23-21-47)36-62(86)93-40-49-24-26-51(27-25-49)73-64(87)50(18-16-31-72-69(71)92)37-56(81)63(43(4)5)76-59(83)19-14-13-15-33-79-60(84)28-29-61(79)85/h20-29,41-45,50,52-53,55,57,63H,12-19,30-40H2,1-11H3,(H,73,87)(H,74,88)(H,76,83)(H,90,91)(H3,71,72,92)/t44-,45-,50+,52+,53-,55+,57+,63-,70+/m0/s1. The molecule has 7 N–H and O–H groups in total. The molecule has 0 spiro atoms. The zero-order chi connectivity index (χ0) is 70.3. The number of hydrogen-bond donors (Lipinski definition) is 6. The third-order valence-electron chi connectivity index (χ3n) is 18.3. The van der Waals surface area contributed by atoms with Crippen LogP contribution in [-0.4, -0.2) is 153 Å². The minimum atomic E-state index is -1.05. The van der Waals surface area contributed by atoms with E-state index in [-0.39, 0.29) is 130 Å². The zero-order valence-corrected chi connectivity index (χ0v) is 57.8. The number of ether oxygens (including phenoxy) is 2. The number of esters is 2. The van der Waals surface area contributed by atoms with Crippen molar-refractivity contribution in [2.45, 2.75) is 195 Å². The van der Waals surface area contributed by atoms with E-state index in [1.807, 2.05) is 41.7 Å². The maximum atomic E-state index is 14.5. The van der Waals surface area contributed by atoms with Crippen LogP contribution in [-0.2, 0) is 76.9 Å². The number of carbonyl (C=O) groups is 12. The number of unbranched alkanes of at least 4 members (excludes halogenated alkanes) is 2. The van der Waals surface area contributed by atoms with E-state index in [4.69, 9.17) is 15.2 Å². The van der Waals surface area contributed by atoms with Crippen molar-refractivity contribution in [1.29, 1.82) is 0 Å². The Kier molecular flexibility index (Phi) is 30.4. The third-order valence-corrected chi connectivity index (χ3v) is 19.2. The van der Waals surface area contributed by atoms with Gasteiger partial charge >= 0.3 is 23.9 Å². The first-order chi connectivity index (χ1) is 44.9. The number of likely N-dealkylation sites (tertiary alicyclic amines) is 1. The van der Waals surface area contributed by atoms with Crippen LogP contribution < -0.4 is 27.0 Å². The summed E-state index contributed by atoms with van der Waals surface area (Å²) in [4.78, 5) is 165. The molecule has 3 heterocycles. The molecule has 8 amide bonds. The van der Waals surface area contributed by atoms with Gasteiger partial charge in [0.1, 0.15) is 17.3 Å². The normalized spacial score (nSPS) is 17.3. The van der Waals surface area contributed by atoms with Crippen LogP contribution in [0.1, 0.15) is 184 Å². The van der Waals surface area contributed by atoms with Gasteiger partial charge in [-0.3, -0.25) is 62.5 Å². The molecule has 9 atom stereocenters. The van der Waals surface area contributed by atoms with Crippen LogP contribution in [0.5, 0.6) is 0 Å². The van der Waals surface area contributed by atoms with Gasteiger partial charge in [0.15, 0.2) is 17.7 Å². The maximum Gasteiger partial charge on any atom is 0.312 e. The molecule has 1 aromatic heterocycles.